The number of benzene rings is 1. The van der Waals surface area contributed by atoms with Crippen molar-refractivity contribution in [2.24, 2.45) is 5.73 Å². The Morgan fingerprint density at radius 2 is 1.95 bits per heavy atom. The van der Waals surface area contributed by atoms with Crippen LogP contribution in [0.25, 0.3) is 6.08 Å². The number of nitrogens with one attached hydrogen (secondary N) is 1. The first kappa shape index (κ1) is 17.0. The molecule has 0 spiro atoms. The Bertz CT molecular complexity index is 602. The van der Waals surface area contributed by atoms with Gasteiger partial charge in [0.2, 0.25) is 11.8 Å². The summed E-state index contributed by atoms with van der Waals surface area (Å²) in [5, 5.41) is 11.7. The van der Waals surface area contributed by atoms with Crippen molar-refractivity contribution < 1.29 is 19.5 Å². The van der Waals surface area contributed by atoms with Crippen molar-refractivity contribution in [1.29, 1.82) is 0 Å². The van der Waals surface area contributed by atoms with E-state index >= 15 is 0 Å². The number of carboxylic acid groups (broad SMARTS) is 1. The fourth-order valence-corrected chi connectivity index (χ4v) is 1.72. The summed E-state index contributed by atoms with van der Waals surface area (Å²) in [5.74, 6) is -2.84. The molecule has 0 radical (unpaired) electrons. The molecule has 4 N–H and O–H groups in total. The highest BCUT2D eigenvalue weighted by atomic mass is 35.5. The van der Waals surface area contributed by atoms with Gasteiger partial charge < -0.3 is 16.2 Å². The van der Waals surface area contributed by atoms with Gasteiger partial charge in [-0.15, -0.1) is 0 Å². The van der Waals surface area contributed by atoms with Crippen LogP contribution in [-0.4, -0.2) is 28.9 Å². The highest BCUT2D eigenvalue weighted by Gasteiger charge is 2.20. The van der Waals surface area contributed by atoms with E-state index in [1.54, 1.807) is 18.2 Å². The molecule has 0 fully saturated rings. The maximum Gasteiger partial charge on any atom is 0.326 e. The Morgan fingerprint density at radius 3 is 2.48 bits per heavy atom. The number of aliphatic carboxylic acids is 1. The largest absolute Gasteiger partial charge is 0.480 e. The monoisotopic (exact) mass is 330 g/mol. The van der Waals surface area contributed by atoms with Crippen LogP contribution in [0.5, 0.6) is 0 Å². The van der Waals surface area contributed by atoms with E-state index in [0.717, 1.165) is 6.08 Å². The lowest BCUT2D eigenvalue weighted by Gasteiger charge is -2.10. The van der Waals surface area contributed by atoms with Crippen molar-refractivity contribution >= 4 is 47.1 Å². The smallest absolute Gasteiger partial charge is 0.326 e. The second kappa shape index (κ2) is 7.66. The van der Waals surface area contributed by atoms with Gasteiger partial charge in [0.05, 0.1) is 16.5 Å². The number of rotatable bonds is 6. The lowest BCUT2D eigenvalue weighted by atomic mass is 10.2. The van der Waals surface area contributed by atoms with Gasteiger partial charge in [0.1, 0.15) is 6.04 Å². The number of halogens is 2. The van der Waals surface area contributed by atoms with E-state index in [1.165, 1.54) is 6.08 Å². The van der Waals surface area contributed by atoms with Crippen LogP contribution in [0.1, 0.15) is 12.0 Å². The minimum atomic E-state index is -1.37. The molecule has 1 rings (SSSR count). The first-order valence-corrected chi connectivity index (χ1v) is 6.50. The molecule has 0 heterocycles. The quantitative estimate of drug-likeness (QED) is 0.685. The molecule has 1 aromatic rings. The zero-order chi connectivity index (χ0) is 16.0. The molecule has 112 valence electrons. The third-order valence-electron chi connectivity index (χ3n) is 2.39. The van der Waals surface area contributed by atoms with Crippen LogP contribution in [0.4, 0.5) is 0 Å². The van der Waals surface area contributed by atoms with Crippen molar-refractivity contribution in [1.82, 2.24) is 5.32 Å². The van der Waals surface area contributed by atoms with E-state index in [2.05, 4.69) is 5.32 Å². The summed E-state index contributed by atoms with van der Waals surface area (Å²) < 4.78 is 0. The van der Waals surface area contributed by atoms with Gasteiger partial charge in [-0.2, -0.15) is 0 Å². The molecule has 0 bridgehead atoms. The van der Waals surface area contributed by atoms with E-state index in [0.29, 0.717) is 15.6 Å². The molecule has 21 heavy (non-hydrogen) atoms. The number of carboxylic acids is 1. The first-order valence-electron chi connectivity index (χ1n) is 5.74. The number of nitrogens with two attached hydrogens (primary N) is 1. The lowest BCUT2D eigenvalue weighted by Crippen LogP contribution is -2.42. The van der Waals surface area contributed by atoms with E-state index < -0.39 is 30.2 Å². The van der Waals surface area contributed by atoms with Crippen LogP contribution in [0.3, 0.4) is 0 Å². The van der Waals surface area contributed by atoms with Gasteiger partial charge in [0.15, 0.2) is 0 Å². The fourth-order valence-electron chi connectivity index (χ4n) is 1.41. The number of primary amides is 1. The average molecular weight is 331 g/mol. The van der Waals surface area contributed by atoms with Crippen LogP contribution in [0.15, 0.2) is 24.3 Å². The SMILES string of the molecule is NC(=O)C[C@@H](NC(=O)/C=C/c1ccc(Cl)c(Cl)c1)C(=O)O. The summed E-state index contributed by atoms with van der Waals surface area (Å²) in [6, 6.07) is 3.38. The molecule has 1 aromatic carbocycles. The topological polar surface area (TPSA) is 109 Å². The van der Waals surface area contributed by atoms with Crippen molar-refractivity contribution in [3.8, 4) is 0 Å². The Labute approximate surface area is 130 Å². The second-order valence-corrected chi connectivity index (χ2v) is 4.89. The first-order chi connectivity index (χ1) is 9.79. The van der Waals surface area contributed by atoms with Crippen molar-refractivity contribution in [2.45, 2.75) is 12.5 Å². The number of carbonyl (C=O) groups is 3. The molecule has 0 saturated heterocycles. The van der Waals surface area contributed by atoms with Crippen LogP contribution in [-0.2, 0) is 14.4 Å². The molecule has 0 aliphatic heterocycles. The average Bonchev–Trinajstić information content (AvgIpc) is 2.38. The minimum absolute atomic E-state index is 0.330. The Balaban J connectivity index is 2.70. The minimum Gasteiger partial charge on any atom is -0.480 e. The zero-order valence-corrected chi connectivity index (χ0v) is 12.2. The van der Waals surface area contributed by atoms with Crippen molar-refractivity contribution in [3.63, 3.8) is 0 Å². The van der Waals surface area contributed by atoms with Gasteiger partial charge in [-0.1, -0.05) is 29.3 Å². The van der Waals surface area contributed by atoms with Gasteiger partial charge in [0, 0.05) is 6.08 Å². The van der Waals surface area contributed by atoms with Crippen LogP contribution in [0, 0.1) is 0 Å². The molecule has 8 heteroatoms. The van der Waals surface area contributed by atoms with E-state index in [9.17, 15) is 14.4 Å². The predicted molar refractivity (Wildman–Crippen MR) is 78.9 cm³/mol. The third kappa shape index (κ3) is 5.85. The number of hydrogen-bond donors (Lipinski definition) is 3. The molecule has 6 nitrogen and oxygen atoms in total. The van der Waals surface area contributed by atoms with Gasteiger partial charge >= 0.3 is 5.97 Å². The molecule has 0 aliphatic rings. The van der Waals surface area contributed by atoms with E-state index in [-0.39, 0.29) is 0 Å². The Morgan fingerprint density at radius 1 is 1.29 bits per heavy atom. The summed E-state index contributed by atoms with van der Waals surface area (Å²) in [7, 11) is 0. The standard InChI is InChI=1S/C13H12Cl2N2O4/c14-8-3-1-7(5-9(8)15)2-4-12(19)17-10(13(20)21)6-11(16)18/h1-5,10H,6H2,(H2,16,18)(H,17,19)(H,20,21)/b4-2+/t10-/m1/s1. The summed E-state index contributed by atoms with van der Waals surface area (Å²) >= 11 is 11.6. The third-order valence-corrected chi connectivity index (χ3v) is 3.13. The maximum atomic E-state index is 11.6. The zero-order valence-electron chi connectivity index (χ0n) is 10.7. The molecular weight excluding hydrogens is 319 g/mol. The maximum absolute atomic E-state index is 11.6. The Hall–Kier alpha value is -2.05. The Kier molecular flexibility index (Phi) is 6.20. The molecule has 0 aromatic heterocycles. The summed E-state index contributed by atoms with van der Waals surface area (Å²) in [6.07, 6.45) is 2.07. The molecule has 0 saturated carbocycles. The lowest BCUT2D eigenvalue weighted by molar-refractivity contribution is -0.142. The van der Waals surface area contributed by atoms with Gasteiger partial charge in [-0.3, -0.25) is 9.59 Å². The van der Waals surface area contributed by atoms with Crippen molar-refractivity contribution in [3.05, 3.63) is 39.9 Å². The highest BCUT2D eigenvalue weighted by molar-refractivity contribution is 6.42. The fraction of sp³-hybridized carbons (Fsp3) is 0.154. The highest BCUT2D eigenvalue weighted by Crippen LogP contribution is 2.23. The van der Waals surface area contributed by atoms with Gasteiger partial charge in [0.25, 0.3) is 0 Å². The number of carbonyl (C=O) groups excluding carboxylic acids is 2. The van der Waals surface area contributed by atoms with Crippen molar-refractivity contribution in [2.75, 3.05) is 0 Å². The number of amides is 2. The molecule has 1 atom stereocenters. The van der Waals surface area contributed by atoms with Gasteiger partial charge in [-0.05, 0) is 23.8 Å². The predicted octanol–water partition coefficient (Wildman–Crippen LogP) is 1.45. The summed E-state index contributed by atoms with van der Waals surface area (Å²) in [4.78, 5) is 33.1. The molecule has 2 amide bonds. The van der Waals surface area contributed by atoms with E-state index in [1.807, 2.05) is 0 Å². The van der Waals surface area contributed by atoms with Gasteiger partial charge in [-0.25, -0.2) is 4.79 Å². The van der Waals surface area contributed by atoms with Crippen LogP contribution in [0.2, 0.25) is 10.0 Å². The summed E-state index contributed by atoms with van der Waals surface area (Å²) in [6.45, 7) is 0. The van der Waals surface area contributed by atoms with Crippen LogP contribution >= 0.6 is 23.2 Å². The molecule has 0 unspecified atom stereocenters. The number of hydrogen-bond acceptors (Lipinski definition) is 3. The molecule has 0 aliphatic carbocycles. The second-order valence-electron chi connectivity index (χ2n) is 4.08. The normalized spacial score (nSPS) is 12.1. The van der Waals surface area contributed by atoms with Crippen LogP contribution < -0.4 is 11.1 Å². The molecular formula is C13H12Cl2N2O4. The van der Waals surface area contributed by atoms with E-state index in [4.69, 9.17) is 34.0 Å². The summed E-state index contributed by atoms with van der Waals surface area (Å²) in [5.41, 5.74) is 5.52.